The van der Waals surface area contributed by atoms with Crippen molar-refractivity contribution < 1.29 is 9.53 Å². The largest absolute Gasteiger partial charge is 0.465 e. The predicted octanol–water partition coefficient (Wildman–Crippen LogP) is 1.62. The Hall–Kier alpha value is 0.0800. The molecule has 14 heavy (non-hydrogen) atoms. The quantitative estimate of drug-likeness (QED) is 0.539. The molecule has 84 valence electrons. The molecule has 0 aliphatic rings. The Morgan fingerprint density at radius 1 is 1.36 bits per heavy atom. The second kappa shape index (κ2) is 7.38. The van der Waals surface area contributed by atoms with Gasteiger partial charge >= 0.3 is 5.97 Å². The minimum atomic E-state index is -1.24. The maximum Gasteiger partial charge on any atom is 0.319 e. The van der Waals surface area contributed by atoms with Gasteiger partial charge in [-0.15, -0.1) is 0 Å². The molecule has 0 aromatic heterocycles. The van der Waals surface area contributed by atoms with Crippen LogP contribution in [0.4, 0.5) is 0 Å². The van der Waals surface area contributed by atoms with E-state index >= 15 is 0 Å². The van der Waals surface area contributed by atoms with Crippen molar-refractivity contribution in [1.29, 1.82) is 0 Å². The lowest BCUT2D eigenvalue weighted by atomic mass is 10.6. The molecule has 0 bridgehead atoms. The minimum Gasteiger partial charge on any atom is -0.465 e. The summed E-state index contributed by atoms with van der Waals surface area (Å²) in [7, 11) is 0. The molecule has 0 saturated carbocycles. The lowest BCUT2D eigenvalue weighted by molar-refractivity contribution is -0.141. The minimum absolute atomic E-state index is 0.193. The van der Waals surface area contributed by atoms with Gasteiger partial charge in [0.1, 0.15) is 0 Å². The highest BCUT2D eigenvalue weighted by Gasteiger charge is 2.11. The van der Waals surface area contributed by atoms with Crippen LogP contribution in [0.25, 0.3) is 0 Å². The first-order valence-electron chi connectivity index (χ1n) is 5.01. The second-order valence-electron chi connectivity index (χ2n) is 3.08. The molecular weight excluding hydrogens is 217 g/mol. The number of rotatable bonds is 7. The average molecular weight is 237 g/mol. The molecule has 0 fully saturated rings. The van der Waals surface area contributed by atoms with Crippen molar-refractivity contribution in [2.24, 2.45) is 0 Å². The van der Waals surface area contributed by atoms with E-state index in [9.17, 15) is 4.79 Å². The molecule has 5 heteroatoms. The Bertz CT molecular complexity index is 213. The zero-order valence-corrected chi connectivity index (χ0v) is 10.9. The van der Waals surface area contributed by atoms with Gasteiger partial charge in [0.25, 0.3) is 0 Å². The molecule has 0 heterocycles. The van der Waals surface area contributed by atoms with Crippen LogP contribution in [-0.2, 0) is 21.3 Å². The van der Waals surface area contributed by atoms with Crippen LogP contribution in [0.1, 0.15) is 20.8 Å². The van der Waals surface area contributed by atoms with E-state index in [4.69, 9.17) is 16.5 Å². The van der Waals surface area contributed by atoms with Gasteiger partial charge in [0.2, 0.25) is 0 Å². The third-order valence-electron chi connectivity index (χ3n) is 2.13. The average Bonchev–Trinajstić information content (AvgIpc) is 2.18. The van der Waals surface area contributed by atoms with Gasteiger partial charge in [0.05, 0.1) is 13.2 Å². The highest BCUT2D eigenvalue weighted by atomic mass is 32.4. The summed E-state index contributed by atoms with van der Waals surface area (Å²) in [6, 6.07) is -1.24. The number of nitrogens with one attached hydrogen (secondary N) is 1. The normalized spacial score (nSPS) is 11.4. The van der Waals surface area contributed by atoms with Gasteiger partial charge in [-0.2, -0.15) is 0 Å². The van der Waals surface area contributed by atoms with Crippen molar-refractivity contribution in [2.75, 3.05) is 31.8 Å². The molecule has 3 nitrogen and oxygen atoms in total. The topological polar surface area (TPSA) is 38.3 Å². The first-order chi connectivity index (χ1) is 6.58. The summed E-state index contributed by atoms with van der Waals surface area (Å²) < 4.78 is 4.80. The van der Waals surface area contributed by atoms with E-state index in [1.807, 2.05) is 0 Å². The van der Waals surface area contributed by atoms with Crippen LogP contribution in [0.15, 0.2) is 0 Å². The summed E-state index contributed by atoms with van der Waals surface area (Å²) in [5.41, 5.74) is 0. The lowest BCUT2D eigenvalue weighted by Crippen LogP contribution is -2.26. The Morgan fingerprint density at radius 2 is 1.93 bits per heavy atom. The van der Waals surface area contributed by atoms with Crippen LogP contribution in [0, 0.1) is 0 Å². The summed E-state index contributed by atoms with van der Waals surface area (Å²) >= 11 is 5.52. The zero-order valence-electron chi connectivity index (χ0n) is 9.21. The Balaban J connectivity index is 3.72. The van der Waals surface area contributed by atoms with Crippen LogP contribution >= 0.6 is 6.04 Å². The van der Waals surface area contributed by atoms with E-state index in [0.29, 0.717) is 6.61 Å². The van der Waals surface area contributed by atoms with Crippen molar-refractivity contribution in [3.63, 3.8) is 0 Å². The van der Waals surface area contributed by atoms with E-state index in [-0.39, 0.29) is 12.5 Å². The van der Waals surface area contributed by atoms with E-state index in [2.05, 4.69) is 19.2 Å². The fraction of sp³-hybridized carbons (Fsp3) is 0.889. The fourth-order valence-electron chi connectivity index (χ4n) is 1.02. The third kappa shape index (κ3) is 5.74. The number of ether oxygens (including phenoxy) is 1. The van der Waals surface area contributed by atoms with Crippen molar-refractivity contribution >= 4 is 23.8 Å². The van der Waals surface area contributed by atoms with E-state index in [1.165, 1.54) is 0 Å². The van der Waals surface area contributed by atoms with E-state index < -0.39 is 6.04 Å². The third-order valence-corrected chi connectivity index (χ3v) is 7.17. The number of carbonyl (C=O) groups is 1. The molecule has 0 unspecified atom stereocenters. The molecule has 0 aromatic carbocycles. The monoisotopic (exact) mass is 237 g/mol. The van der Waals surface area contributed by atoms with Crippen LogP contribution in [0.3, 0.4) is 0 Å². The molecule has 0 aromatic rings. The molecule has 0 rings (SSSR count). The van der Waals surface area contributed by atoms with Gasteiger partial charge in [0, 0.05) is 6.29 Å². The molecule has 0 atom stereocenters. The van der Waals surface area contributed by atoms with Gasteiger partial charge in [-0.25, -0.2) is 0 Å². The number of hydrogen-bond donors (Lipinski definition) is 1. The molecule has 0 spiro atoms. The lowest BCUT2D eigenvalue weighted by Gasteiger charge is -2.18. The zero-order chi connectivity index (χ0) is 11.0. The smallest absolute Gasteiger partial charge is 0.319 e. The van der Waals surface area contributed by atoms with Gasteiger partial charge in [-0.3, -0.25) is 4.79 Å². The summed E-state index contributed by atoms with van der Waals surface area (Å²) in [5.74, 6) is -0.193. The van der Waals surface area contributed by atoms with Crippen LogP contribution < -0.4 is 5.32 Å². The molecular formula is C9H20NO2PS. The maximum absolute atomic E-state index is 11.0. The van der Waals surface area contributed by atoms with Crippen LogP contribution in [0.2, 0.25) is 0 Å². The summed E-state index contributed by atoms with van der Waals surface area (Å²) in [4.78, 5) is 11.0. The van der Waals surface area contributed by atoms with E-state index in [1.54, 1.807) is 6.92 Å². The van der Waals surface area contributed by atoms with Gasteiger partial charge in [-0.05, 0) is 25.3 Å². The standard InChI is InChI=1S/C9H20NO2PS/c1-4-12-9(11)7-10-8-13(14,5-2)6-3/h10H,4-8H2,1-3H3. The second-order valence-corrected chi connectivity index (χ2v) is 9.10. The number of hydrogen-bond acceptors (Lipinski definition) is 4. The summed E-state index contributed by atoms with van der Waals surface area (Å²) in [6.07, 6.45) is 2.90. The van der Waals surface area contributed by atoms with Crippen molar-refractivity contribution in [2.45, 2.75) is 20.8 Å². The van der Waals surface area contributed by atoms with Crippen LogP contribution in [-0.4, -0.2) is 37.7 Å². The van der Waals surface area contributed by atoms with Gasteiger partial charge in [-0.1, -0.05) is 25.7 Å². The summed E-state index contributed by atoms with van der Waals surface area (Å²) in [5, 5.41) is 3.08. The number of carbonyl (C=O) groups excluding carboxylic acids is 1. The SMILES string of the molecule is CCOC(=O)CNCP(=S)(CC)CC. The molecule has 0 saturated heterocycles. The van der Waals surface area contributed by atoms with Crippen molar-refractivity contribution in [1.82, 2.24) is 5.32 Å². The highest BCUT2D eigenvalue weighted by Crippen LogP contribution is 2.43. The first-order valence-corrected chi connectivity index (χ1v) is 8.37. The van der Waals surface area contributed by atoms with Crippen molar-refractivity contribution in [3.8, 4) is 0 Å². The first kappa shape index (κ1) is 14.1. The van der Waals surface area contributed by atoms with Gasteiger partial charge < -0.3 is 10.1 Å². The Morgan fingerprint density at radius 3 is 2.36 bits per heavy atom. The molecule has 0 amide bonds. The van der Waals surface area contributed by atoms with Crippen molar-refractivity contribution in [3.05, 3.63) is 0 Å². The molecule has 0 aliphatic carbocycles. The van der Waals surface area contributed by atoms with Gasteiger partial charge in [0.15, 0.2) is 0 Å². The van der Waals surface area contributed by atoms with E-state index in [0.717, 1.165) is 18.6 Å². The highest BCUT2D eigenvalue weighted by molar-refractivity contribution is 8.14. The number of esters is 1. The maximum atomic E-state index is 11.0. The molecule has 0 aliphatic heterocycles. The molecule has 1 N–H and O–H groups in total. The Kier molecular flexibility index (Phi) is 7.42. The fourth-order valence-corrected chi connectivity index (χ4v) is 2.71. The summed E-state index contributed by atoms with van der Waals surface area (Å²) in [6.45, 7) is 6.77. The Labute approximate surface area is 91.6 Å². The molecule has 0 radical (unpaired) electrons. The van der Waals surface area contributed by atoms with Crippen LogP contribution in [0.5, 0.6) is 0 Å². The predicted molar refractivity (Wildman–Crippen MR) is 64.9 cm³/mol.